The van der Waals surface area contributed by atoms with Crippen LogP contribution < -0.4 is 0 Å². The van der Waals surface area contributed by atoms with Crippen molar-refractivity contribution in [3.05, 3.63) is 58.1 Å². The molecule has 0 heterocycles. The molecule has 0 unspecified atom stereocenters. The first-order valence-corrected chi connectivity index (χ1v) is 5.76. The molecule has 3 rings (SSSR count). The van der Waals surface area contributed by atoms with Crippen molar-refractivity contribution in [2.45, 2.75) is 13.3 Å². The average molecular weight is 240 g/mol. The molecule has 3 heteroatoms. The van der Waals surface area contributed by atoms with Crippen LogP contribution in [0.15, 0.2) is 30.3 Å². The standard InChI is InChI=1S/C15H12O3/c1-8-5-10-7-9-3-2-4-11(16)13(9)15(18)14(10)12(17)6-8/h2-6,16-17H,7H2,1H3. The van der Waals surface area contributed by atoms with Gasteiger partial charge in [0.05, 0.1) is 11.1 Å². The first-order valence-electron chi connectivity index (χ1n) is 5.76. The van der Waals surface area contributed by atoms with Gasteiger partial charge in [0.25, 0.3) is 0 Å². The molecule has 2 aromatic carbocycles. The molecule has 0 aromatic heterocycles. The lowest BCUT2D eigenvalue weighted by molar-refractivity contribution is 0.103. The number of ketones is 1. The van der Waals surface area contributed by atoms with Crippen LogP contribution >= 0.6 is 0 Å². The fourth-order valence-corrected chi connectivity index (χ4v) is 2.57. The zero-order valence-electron chi connectivity index (χ0n) is 9.90. The molecule has 0 spiro atoms. The van der Waals surface area contributed by atoms with Crippen LogP contribution in [0.4, 0.5) is 0 Å². The molecule has 90 valence electrons. The summed E-state index contributed by atoms with van der Waals surface area (Å²) in [4.78, 5) is 12.3. The highest BCUT2D eigenvalue weighted by Crippen LogP contribution is 2.36. The van der Waals surface area contributed by atoms with Crippen molar-refractivity contribution < 1.29 is 15.0 Å². The second kappa shape index (κ2) is 3.60. The summed E-state index contributed by atoms with van der Waals surface area (Å²) >= 11 is 0. The summed E-state index contributed by atoms with van der Waals surface area (Å²) in [6.07, 6.45) is 0.556. The van der Waals surface area contributed by atoms with E-state index < -0.39 is 0 Å². The van der Waals surface area contributed by atoms with Crippen molar-refractivity contribution in [3.8, 4) is 11.5 Å². The maximum absolute atomic E-state index is 12.3. The molecule has 0 atom stereocenters. The van der Waals surface area contributed by atoms with Crippen LogP contribution in [0.2, 0.25) is 0 Å². The van der Waals surface area contributed by atoms with Crippen LogP contribution in [0.1, 0.15) is 32.6 Å². The summed E-state index contributed by atoms with van der Waals surface area (Å²) in [7, 11) is 0. The van der Waals surface area contributed by atoms with Crippen LogP contribution in [0.5, 0.6) is 11.5 Å². The summed E-state index contributed by atoms with van der Waals surface area (Å²) in [5.41, 5.74) is 3.16. The largest absolute Gasteiger partial charge is 0.507 e. The number of carbonyl (C=O) groups is 1. The Bertz CT molecular complexity index is 672. The van der Waals surface area contributed by atoms with Gasteiger partial charge in [-0.2, -0.15) is 0 Å². The van der Waals surface area contributed by atoms with E-state index >= 15 is 0 Å². The number of benzene rings is 2. The minimum atomic E-state index is -0.304. The number of aromatic hydroxyl groups is 2. The maximum Gasteiger partial charge on any atom is 0.201 e. The van der Waals surface area contributed by atoms with E-state index in [1.807, 2.05) is 19.1 Å². The van der Waals surface area contributed by atoms with E-state index in [-0.39, 0.29) is 17.3 Å². The zero-order chi connectivity index (χ0) is 12.9. The van der Waals surface area contributed by atoms with Gasteiger partial charge in [-0.05, 0) is 42.2 Å². The molecule has 0 saturated heterocycles. The highest BCUT2D eigenvalue weighted by molar-refractivity contribution is 6.15. The van der Waals surface area contributed by atoms with E-state index in [0.717, 1.165) is 16.7 Å². The van der Waals surface area contributed by atoms with Gasteiger partial charge in [0.15, 0.2) is 0 Å². The van der Waals surface area contributed by atoms with Gasteiger partial charge < -0.3 is 10.2 Å². The lowest BCUT2D eigenvalue weighted by Crippen LogP contribution is -2.15. The van der Waals surface area contributed by atoms with Crippen molar-refractivity contribution in [3.63, 3.8) is 0 Å². The second-order valence-electron chi connectivity index (χ2n) is 4.64. The topological polar surface area (TPSA) is 57.5 Å². The molecule has 1 aliphatic rings. The Kier molecular flexibility index (Phi) is 2.17. The van der Waals surface area contributed by atoms with E-state index in [1.54, 1.807) is 12.1 Å². The molecule has 0 amide bonds. The molecular weight excluding hydrogens is 228 g/mol. The number of hydrogen-bond acceptors (Lipinski definition) is 3. The summed E-state index contributed by atoms with van der Waals surface area (Å²) in [5.74, 6) is -0.339. The van der Waals surface area contributed by atoms with Gasteiger partial charge in [-0.1, -0.05) is 18.2 Å². The molecule has 2 N–H and O–H groups in total. The molecule has 2 aromatic rings. The van der Waals surface area contributed by atoms with Gasteiger partial charge in [-0.25, -0.2) is 0 Å². The lowest BCUT2D eigenvalue weighted by atomic mass is 9.83. The number of rotatable bonds is 0. The summed E-state index contributed by atoms with van der Waals surface area (Å²) in [5, 5.41) is 19.7. The normalized spacial score (nSPS) is 13.1. The number of aryl methyl sites for hydroxylation is 1. The fraction of sp³-hybridized carbons (Fsp3) is 0.133. The number of phenols is 2. The number of carbonyl (C=O) groups excluding carboxylic acids is 1. The van der Waals surface area contributed by atoms with Crippen molar-refractivity contribution >= 4 is 5.78 Å². The number of fused-ring (bicyclic) bond motifs is 2. The Balaban J connectivity index is 2.29. The first kappa shape index (κ1) is 10.8. The Hall–Kier alpha value is -2.29. The van der Waals surface area contributed by atoms with Crippen LogP contribution in [0.25, 0.3) is 0 Å². The Morgan fingerprint density at radius 1 is 1.00 bits per heavy atom. The summed E-state index contributed by atoms with van der Waals surface area (Å²) in [6, 6.07) is 8.52. The van der Waals surface area contributed by atoms with Crippen LogP contribution in [0.3, 0.4) is 0 Å². The third-order valence-corrected chi connectivity index (χ3v) is 3.31. The Labute approximate surface area is 104 Å². The van der Waals surface area contributed by atoms with Crippen LogP contribution in [0, 0.1) is 6.92 Å². The van der Waals surface area contributed by atoms with Crippen molar-refractivity contribution in [1.29, 1.82) is 0 Å². The van der Waals surface area contributed by atoms with Crippen molar-refractivity contribution in [2.75, 3.05) is 0 Å². The van der Waals surface area contributed by atoms with E-state index in [9.17, 15) is 15.0 Å². The van der Waals surface area contributed by atoms with Gasteiger partial charge >= 0.3 is 0 Å². The first-order chi connectivity index (χ1) is 8.58. The van der Waals surface area contributed by atoms with E-state index in [0.29, 0.717) is 17.5 Å². The predicted molar refractivity (Wildman–Crippen MR) is 67.2 cm³/mol. The molecule has 0 fully saturated rings. The second-order valence-corrected chi connectivity index (χ2v) is 4.64. The summed E-state index contributed by atoms with van der Waals surface area (Å²) < 4.78 is 0. The predicted octanol–water partition coefficient (Wildman–Crippen LogP) is 2.54. The van der Waals surface area contributed by atoms with Crippen molar-refractivity contribution in [1.82, 2.24) is 0 Å². The minimum Gasteiger partial charge on any atom is -0.507 e. The molecule has 0 saturated carbocycles. The minimum absolute atomic E-state index is 0.0103. The van der Waals surface area contributed by atoms with E-state index in [2.05, 4.69) is 0 Å². The quantitative estimate of drug-likeness (QED) is 0.635. The molecular formula is C15H12O3. The Morgan fingerprint density at radius 2 is 1.72 bits per heavy atom. The van der Waals surface area contributed by atoms with Gasteiger partial charge in [-0.3, -0.25) is 4.79 Å². The van der Waals surface area contributed by atoms with Gasteiger partial charge in [0.2, 0.25) is 5.78 Å². The molecule has 1 aliphatic carbocycles. The van der Waals surface area contributed by atoms with Crippen molar-refractivity contribution in [2.24, 2.45) is 0 Å². The molecule has 0 bridgehead atoms. The Morgan fingerprint density at radius 3 is 2.50 bits per heavy atom. The SMILES string of the molecule is Cc1cc(O)c2c(c1)Cc1cccc(O)c1C2=O. The number of phenolic OH excluding ortho intramolecular Hbond substituents is 2. The molecule has 0 radical (unpaired) electrons. The average Bonchev–Trinajstić information content (AvgIpc) is 2.27. The third kappa shape index (κ3) is 1.40. The van der Waals surface area contributed by atoms with E-state index in [1.165, 1.54) is 6.07 Å². The molecule has 18 heavy (non-hydrogen) atoms. The number of hydrogen-bond donors (Lipinski definition) is 2. The zero-order valence-corrected chi connectivity index (χ0v) is 9.90. The smallest absolute Gasteiger partial charge is 0.201 e. The molecule has 0 aliphatic heterocycles. The van der Waals surface area contributed by atoms with Gasteiger partial charge in [0, 0.05) is 0 Å². The lowest BCUT2D eigenvalue weighted by Gasteiger charge is -2.20. The monoisotopic (exact) mass is 240 g/mol. The van der Waals surface area contributed by atoms with Crippen LogP contribution in [-0.2, 0) is 6.42 Å². The van der Waals surface area contributed by atoms with Gasteiger partial charge in [-0.15, -0.1) is 0 Å². The van der Waals surface area contributed by atoms with E-state index in [4.69, 9.17) is 0 Å². The third-order valence-electron chi connectivity index (χ3n) is 3.31. The fourth-order valence-electron chi connectivity index (χ4n) is 2.57. The van der Waals surface area contributed by atoms with Gasteiger partial charge in [0.1, 0.15) is 11.5 Å². The highest BCUT2D eigenvalue weighted by Gasteiger charge is 2.28. The summed E-state index contributed by atoms with van der Waals surface area (Å²) in [6.45, 7) is 1.88. The van der Waals surface area contributed by atoms with Crippen LogP contribution in [-0.4, -0.2) is 16.0 Å². The molecule has 3 nitrogen and oxygen atoms in total. The maximum atomic E-state index is 12.3. The highest BCUT2D eigenvalue weighted by atomic mass is 16.3.